The molecule has 0 N–H and O–H groups in total. The zero-order valence-corrected chi connectivity index (χ0v) is 15.1. The summed E-state index contributed by atoms with van der Waals surface area (Å²) in [6, 6.07) is 17.1. The summed E-state index contributed by atoms with van der Waals surface area (Å²) in [5.41, 5.74) is 2.31. The Balaban J connectivity index is 1.47. The lowest BCUT2D eigenvalue weighted by Gasteiger charge is -2.01. The second kappa shape index (κ2) is 6.83. The lowest BCUT2D eigenvalue weighted by Crippen LogP contribution is -2.21. The van der Waals surface area contributed by atoms with Crippen LogP contribution in [0.4, 0.5) is 4.39 Å². The molecule has 2 aromatic carbocycles. The average Bonchev–Trinajstić information content (AvgIpc) is 3.39. The van der Waals surface area contributed by atoms with Crippen LogP contribution in [0.25, 0.3) is 28.2 Å². The van der Waals surface area contributed by atoms with Gasteiger partial charge in [0.05, 0.1) is 5.69 Å². The number of fused-ring (bicyclic) bond motifs is 1. The second-order valence-corrected chi connectivity index (χ2v) is 6.48. The predicted molar refractivity (Wildman–Crippen MR) is 104 cm³/mol. The summed E-state index contributed by atoms with van der Waals surface area (Å²) in [5, 5.41) is 8.37. The van der Waals surface area contributed by atoms with E-state index >= 15 is 0 Å². The summed E-state index contributed by atoms with van der Waals surface area (Å²) in [4.78, 5) is 17.2. The maximum absolute atomic E-state index is 13.1. The SMILES string of the molecule is O=c1c2cc(-c3ccc(F)cc3)nn2ccn1Cc1nc(-c2ccccc2)no1. The predicted octanol–water partition coefficient (Wildman–Crippen LogP) is 3.40. The third-order valence-corrected chi connectivity index (χ3v) is 4.55. The van der Waals surface area contributed by atoms with Crippen LogP contribution in [-0.2, 0) is 6.54 Å². The Labute approximate surface area is 163 Å². The quantitative estimate of drug-likeness (QED) is 0.472. The fraction of sp³-hybridized carbons (Fsp3) is 0.0476. The van der Waals surface area contributed by atoms with E-state index in [4.69, 9.17) is 4.52 Å². The van der Waals surface area contributed by atoms with Crippen molar-refractivity contribution < 1.29 is 8.91 Å². The average molecular weight is 387 g/mol. The maximum Gasteiger partial charge on any atom is 0.277 e. The normalized spacial score (nSPS) is 11.2. The highest BCUT2D eigenvalue weighted by Crippen LogP contribution is 2.19. The summed E-state index contributed by atoms with van der Waals surface area (Å²) in [5.74, 6) is 0.473. The van der Waals surface area contributed by atoms with Crippen molar-refractivity contribution >= 4 is 5.52 Å². The largest absolute Gasteiger partial charge is 0.337 e. The van der Waals surface area contributed by atoms with Crippen molar-refractivity contribution in [2.75, 3.05) is 0 Å². The minimum atomic E-state index is -0.325. The Bertz CT molecular complexity index is 1350. The van der Waals surface area contributed by atoms with E-state index in [1.165, 1.54) is 21.2 Å². The molecule has 0 unspecified atom stereocenters. The molecule has 3 aromatic heterocycles. The minimum Gasteiger partial charge on any atom is -0.337 e. The molecular formula is C21H14FN5O2. The van der Waals surface area contributed by atoms with E-state index in [0.29, 0.717) is 22.9 Å². The number of nitrogens with zero attached hydrogens (tertiary/aromatic N) is 5. The van der Waals surface area contributed by atoms with E-state index in [2.05, 4.69) is 15.2 Å². The van der Waals surface area contributed by atoms with Crippen LogP contribution in [0, 0.1) is 5.82 Å². The molecule has 0 aliphatic heterocycles. The Morgan fingerprint density at radius 2 is 1.76 bits per heavy atom. The monoisotopic (exact) mass is 387 g/mol. The number of rotatable bonds is 4. The first-order chi connectivity index (χ1) is 14.2. The molecule has 0 saturated carbocycles. The van der Waals surface area contributed by atoms with Gasteiger partial charge in [0.1, 0.15) is 17.9 Å². The Morgan fingerprint density at radius 3 is 2.55 bits per heavy atom. The zero-order valence-electron chi connectivity index (χ0n) is 15.1. The molecule has 0 bridgehead atoms. The van der Waals surface area contributed by atoms with E-state index in [0.717, 1.165) is 11.1 Å². The molecule has 29 heavy (non-hydrogen) atoms. The molecule has 0 spiro atoms. The van der Waals surface area contributed by atoms with Crippen molar-refractivity contribution in [3.8, 4) is 22.6 Å². The van der Waals surface area contributed by atoms with Crippen LogP contribution in [0.15, 0.2) is 82.4 Å². The van der Waals surface area contributed by atoms with Crippen LogP contribution >= 0.6 is 0 Å². The standard InChI is InChI=1S/C21H14FN5O2/c22-16-8-6-14(7-9-16)17-12-18-21(28)26(10-11-27(18)24-17)13-19-23-20(25-29-19)15-4-2-1-3-5-15/h1-12H,13H2. The molecule has 0 saturated heterocycles. The number of benzene rings is 2. The van der Waals surface area contributed by atoms with Crippen molar-refractivity contribution in [1.82, 2.24) is 24.3 Å². The highest BCUT2D eigenvalue weighted by molar-refractivity contribution is 5.65. The Hall–Kier alpha value is -4.07. The molecule has 7 nitrogen and oxygen atoms in total. The summed E-state index contributed by atoms with van der Waals surface area (Å²) in [6.45, 7) is 0.145. The molecule has 0 aliphatic carbocycles. The molecular weight excluding hydrogens is 373 g/mol. The van der Waals surface area contributed by atoms with Gasteiger partial charge >= 0.3 is 0 Å². The minimum absolute atomic E-state index is 0.145. The van der Waals surface area contributed by atoms with E-state index in [1.807, 2.05) is 30.3 Å². The zero-order chi connectivity index (χ0) is 19.8. The van der Waals surface area contributed by atoms with Gasteiger partial charge in [0.25, 0.3) is 5.56 Å². The molecule has 0 amide bonds. The van der Waals surface area contributed by atoms with E-state index < -0.39 is 0 Å². The molecule has 0 atom stereocenters. The van der Waals surface area contributed by atoms with Crippen molar-refractivity contribution in [3.63, 3.8) is 0 Å². The number of halogens is 1. The third kappa shape index (κ3) is 3.20. The summed E-state index contributed by atoms with van der Waals surface area (Å²) < 4.78 is 21.4. The van der Waals surface area contributed by atoms with Gasteiger partial charge in [-0.3, -0.25) is 4.79 Å². The highest BCUT2D eigenvalue weighted by atomic mass is 19.1. The van der Waals surface area contributed by atoms with E-state index in [1.54, 1.807) is 30.6 Å². The van der Waals surface area contributed by atoms with E-state index in [-0.39, 0.29) is 17.9 Å². The van der Waals surface area contributed by atoms with Gasteiger partial charge in [-0.15, -0.1) is 0 Å². The number of hydrogen-bond acceptors (Lipinski definition) is 5. The molecule has 5 rings (SSSR count). The lowest BCUT2D eigenvalue weighted by atomic mass is 10.1. The lowest BCUT2D eigenvalue weighted by molar-refractivity contribution is 0.370. The fourth-order valence-corrected chi connectivity index (χ4v) is 3.08. The molecule has 0 aliphatic rings. The van der Waals surface area contributed by atoms with Crippen LogP contribution in [0.3, 0.4) is 0 Å². The maximum atomic E-state index is 13.1. The first-order valence-corrected chi connectivity index (χ1v) is 8.90. The van der Waals surface area contributed by atoms with Crippen molar-refractivity contribution in [1.29, 1.82) is 0 Å². The third-order valence-electron chi connectivity index (χ3n) is 4.55. The molecule has 142 valence electrons. The smallest absolute Gasteiger partial charge is 0.277 e. The highest BCUT2D eigenvalue weighted by Gasteiger charge is 2.13. The van der Waals surface area contributed by atoms with Gasteiger partial charge in [0.2, 0.25) is 11.7 Å². The van der Waals surface area contributed by atoms with Gasteiger partial charge in [-0.05, 0) is 30.3 Å². The van der Waals surface area contributed by atoms with Gasteiger partial charge in [-0.25, -0.2) is 8.91 Å². The summed E-state index contributed by atoms with van der Waals surface area (Å²) in [6.07, 6.45) is 3.29. The van der Waals surface area contributed by atoms with Crippen LogP contribution in [0.1, 0.15) is 5.89 Å². The topological polar surface area (TPSA) is 78.2 Å². The van der Waals surface area contributed by atoms with Crippen LogP contribution in [0.5, 0.6) is 0 Å². The van der Waals surface area contributed by atoms with Gasteiger partial charge in [-0.1, -0.05) is 35.5 Å². The molecule has 5 aromatic rings. The first-order valence-electron chi connectivity index (χ1n) is 8.90. The summed E-state index contributed by atoms with van der Waals surface area (Å²) >= 11 is 0. The van der Waals surface area contributed by atoms with Crippen molar-refractivity contribution in [2.45, 2.75) is 6.54 Å². The van der Waals surface area contributed by atoms with Gasteiger partial charge in [0, 0.05) is 23.5 Å². The number of aromatic nitrogens is 5. The van der Waals surface area contributed by atoms with Gasteiger partial charge < -0.3 is 9.09 Å². The van der Waals surface area contributed by atoms with Crippen LogP contribution in [0.2, 0.25) is 0 Å². The van der Waals surface area contributed by atoms with E-state index in [9.17, 15) is 9.18 Å². The fourth-order valence-electron chi connectivity index (χ4n) is 3.08. The number of hydrogen-bond donors (Lipinski definition) is 0. The van der Waals surface area contributed by atoms with Gasteiger partial charge in [0.15, 0.2) is 0 Å². The van der Waals surface area contributed by atoms with Crippen LogP contribution < -0.4 is 5.56 Å². The Morgan fingerprint density at radius 1 is 0.966 bits per heavy atom. The molecule has 3 heterocycles. The Kier molecular flexibility index (Phi) is 4.02. The van der Waals surface area contributed by atoms with Crippen molar-refractivity contribution in [3.05, 3.63) is 95.1 Å². The van der Waals surface area contributed by atoms with Gasteiger partial charge in [-0.2, -0.15) is 10.1 Å². The molecule has 0 fully saturated rings. The summed E-state index contributed by atoms with van der Waals surface area (Å²) in [7, 11) is 0. The molecule has 0 radical (unpaired) electrons. The van der Waals surface area contributed by atoms with Crippen molar-refractivity contribution in [2.24, 2.45) is 0 Å². The second-order valence-electron chi connectivity index (χ2n) is 6.48. The first kappa shape index (κ1) is 17.1. The van der Waals surface area contributed by atoms with Crippen LogP contribution in [-0.4, -0.2) is 24.3 Å². The molecule has 8 heteroatoms.